The molecule has 0 aliphatic rings. The van der Waals surface area contributed by atoms with Crippen molar-refractivity contribution in [1.29, 1.82) is 0 Å². The molecule has 7 heteroatoms. The summed E-state index contributed by atoms with van der Waals surface area (Å²) >= 11 is 0. The van der Waals surface area contributed by atoms with Crippen LogP contribution in [0.1, 0.15) is 32.9 Å². The van der Waals surface area contributed by atoms with E-state index in [1.807, 2.05) is 13.8 Å². The van der Waals surface area contributed by atoms with E-state index in [9.17, 15) is 9.59 Å². The summed E-state index contributed by atoms with van der Waals surface area (Å²) in [4.78, 5) is 24.3. The van der Waals surface area contributed by atoms with Gasteiger partial charge < -0.3 is 19.3 Å². The number of hydrogen-bond acceptors (Lipinski definition) is 6. The summed E-state index contributed by atoms with van der Waals surface area (Å²) in [5.74, 6) is 0.490. The Morgan fingerprint density at radius 1 is 1.10 bits per heavy atom. The van der Waals surface area contributed by atoms with Crippen LogP contribution in [0.5, 0.6) is 5.75 Å². The molecule has 0 bridgehead atoms. The van der Waals surface area contributed by atoms with Crippen LogP contribution in [0.25, 0.3) is 0 Å². The summed E-state index contributed by atoms with van der Waals surface area (Å²) in [5.41, 5.74) is 3.34. The van der Waals surface area contributed by atoms with E-state index in [0.717, 1.165) is 16.8 Å². The molecular weight excluding hydrogens is 372 g/mol. The standard InChI is InChI=1S/C22H22N2O5/c1-14-19(15(2)29-24-14)13-28-20-10-5-4-9-18(20)22(26)23-17-8-6-7-16(11-17)12-21(25)27-3/h4-11H,12-13H2,1-3H3,(H,23,26). The Morgan fingerprint density at radius 3 is 2.62 bits per heavy atom. The lowest BCUT2D eigenvalue weighted by Gasteiger charge is -2.12. The van der Waals surface area contributed by atoms with Gasteiger partial charge in [0.2, 0.25) is 0 Å². The molecule has 0 aliphatic carbocycles. The van der Waals surface area contributed by atoms with Crippen LogP contribution in [0.3, 0.4) is 0 Å². The molecular formula is C22H22N2O5. The summed E-state index contributed by atoms with van der Waals surface area (Å²) in [6.45, 7) is 3.91. The van der Waals surface area contributed by atoms with Crippen molar-refractivity contribution in [3.05, 3.63) is 76.7 Å². The van der Waals surface area contributed by atoms with Crippen molar-refractivity contribution in [3.63, 3.8) is 0 Å². The first-order valence-corrected chi connectivity index (χ1v) is 9.08. The normalized spacial score (nSPS) is 10.4. The van der Waals surface area contributed by atoms with E-state index in [1.54, 1.807) is 48.5 Å². The van der Waals surface area contributed by atoms with E-state index in [4.69, 9.17) is 9.26 Å². The van der Waals surface area contributed by atoms with Gasteiger partial charge in [0.05, 0.1) is 30.4 Å². The fourth-order valence-corrected chi connectivity index (χ4v) is 2.83. The number of hydrogen-bond donors (Lipinski definition) is 1. The zero-order valence-electron chi connectivity index (χ0n) is 16.5. The zero-order valence-corrected chi connectivity index (χ0v) is 16.5. The Balaban J connectivity index is 1.73. The molecule has 0 spiro atoms. The van der Waals surface area contributed by atoms with Crippen LogP contribution < -0.4 is 10.1 Å². The third-order valence-electron chi connectivity index (χ3n) is 4.45. The monoisotopic (exact) mass is 394 g/mol. The lowest BCUT2D eigenvalue weighted by atomic mass is 10.1. The Labute approximate surface area is 168 Å². The van der Waals surface area contributed by atoms with Crippen LogP contribution in [0, 0.1) is 13.8 Å². The lowest BCUT2D eigenvalue weighted by Crippen LogP contribution is -2.14. The smallest absolute Gasteiger partial charge is 0.309 e. The van der Waals surface area contributed by atoms with Gasteiger partial charge in [0.25, 0.3) is 5.91 Å². The van der Waals surface area contributed by atoms with Crippen molar-refractivity contribution in [2.45, 2.75) is 26.9 Å². The van der Waals surface area contributed by atoms with Gasteiger partial charge in [0, 0.05) is 5.69 Å². The first kappa shape index (κ1) is 20.1. The number of amides is 1. The largest absolute Gasteiger partial charge is 0.488 e. The van der Waals surface area contributed by atoms with E-state index in [2.05, 4.69) is 15.2 Å². The zero-order chi connectivity index (χ0) is 20.8. The number of esters is 1. The van der Waals surface area contributed by atoms with Crippen LogP contribution in [-0.4, -0.2) is 24.1 Å². The molecule has 2 aromatic carbocycles. The number of nitrogens with one attached hydrogen (secondary N) is 1. The molecule has 1 aromatic heterocycles. The van der Waals surface area contributed by atoms with E-state index in [0.29, 0.717) is 22.8 Å². The Hall–Kier alpha value is -3.61. The second kappa shape index (κ2) is 9.05. The molecule has 0 unspecified atom stereocenters. The number of aryl methyl sites for hydroxylation is 2. The summed E-state index contributed by atoms with van der Waals surface area (Å²) in [5, 5.41) is 6.75. The van der Waals surface area contributed by atoms with Gasteiger partial charge in [-0.1, -0.05) is 29.4 Å². The maximum atomic E-state index is 12.8. The molecule has 7 nitrogen and oxygen atoms in total. The van der Waals surface area contributed by atoms with Crippen LogP contribution in [-0.2, 0) is 22.6 Å². The minimum Gasteiger partial charge on any atom is -0.488 e. The third kappa shape index (κ3) is 5.01. The van der Waals surface area contributed by atoms with Crippen molar-refractivity contribution in [2.24, 2.45) is 0 Å². The van der Waals surface area contributed by atoms with Crippen molar-refractivity contribution in [3.8, 4) is 5.75 Å². The van der Waals surface area contributed by atoms with Gasteiger partial charge in [-0.3, -0.25) is 9.59 Å². The molecule has 3 aromatic rings. The highest BCUT2D eigenvalue weighted by atomic mass is 16.5. The maximum absolute atomic E-state index is 12.8. The van der Waals surface area contributed by atoms with Gasteiger partial charge >= 0.3 is 5.97 Å². The van der Waals surface area contributed by atoms with Gasteiger partial charge in [-0.2, -0.15) is 0 Å². The summed E-state index contributed by atoms with van der Waals surface area (Å²) < 4.78 is 15.7. The number of benzene rings is 2. The number of methoxy groups -OCH3 is 1. The summed E-state index contributed by atoms with van der Waals surface area (Å²) in [6, 6.07) is 14.1. The summed E-state index contributed by atoms with van der Waals surface area (Å²) in [7, 11) is 1.34. The number of nitrogens with zero attached hydrogens (tertiary/aromatic N) is 1. The molecule has 0 saturated carbocycles. The second-order valence-corrected chi connectivity index (χ2v) is 6.49. The highest BCUT2D eigenvalue weighted by Crippen LogP contribution is 2.23. The average molecular weight is 394 g/mol. The fraction of sp³-hybridized carbons (Fsp3) is 0.227. The van der Waals surface area contributed by atoms with Crippen molar-refractivity contribution < 1.29 is 23.6 Å². The van der Waals surface area contributed by atoms with Crippen LogP contribution >= 0.6 is 0 Å². The predicted molar refractivity (Wildman–Crippen MR) is 107 cm³/mol. The highest BCUT2D eigenvalue weighted by Gasteiger charge is 2.15. The van der Waals surface area contributed by atoms with Crippen molar-refractivity contribution in [1.82, 2.24) is 5.16 Å². The fourth-order valence-electron chi connectivity index (χ4n) is 2.83. The molecule has 150 valence electrons. The number of ether oxygens (including phenoxy) is 2. The number of para-hydroxylation sites is 1. The molecule has 0 saturated heterocycles. The number of aromatic nitrogens is 1. The highest BCUT2D eigenvalue weighted by molar-refractivity contribution is 6.06. The van der Waals surface area contributed by atoms with Crippen LogP contribution in [0.15, 0.2) is 53.1 Å². The minimum atomic E-state index is -0.341. The Kier molecular flexibility index (Phi) is 6.29. The predicted octanol–water partition coefficient (Wildman–Crippen LogP) is 3.84. The quantitative estimate of drug-likeness (QED) is 0.613. The van der Waals surface area contributed by atoms with Gasteiger partial charge in [-0.05, 0) is 43.7 Å². The van der Waals surface area contributed by atoms with Crippen LogP contribution in [0.4, 0.5) is 5.69 Å². The van der Waals surface area contributed by atoms with E-state index < -0.39 is 0 Å². The molecule has 0 radical (unpaired) electrons. The topological polar surface area (TPSA) is 90.7 Å². The molecule has 0 atom stereocenters. The number of rotatable bonds is 7. The van der Waals surface area contributed by atoms with Gasteiger partial charge in [0.15, 0.2) is 0 Å². The Morgan fingerprint density at radius 2 is 1.90 bits per heavy atom. The first-order valence-electron chi connectivity index (χ1n) is 9.08. The molecule has 1 heterocycles. The van der Waals surface area contributed by atoms with E-state index in [1.165, 1.54) is 7.11 Å². The van der Waals surface area contributed by atoms with Crippen LogP contribution in [0.2, 0.25) is 0 Å². The molecule has 1 N–H and O–H groups in total. The SMILES string of the molecule is COC(=O)Cc1cccc(NC(=O)c2ccccc2OCc2c(C)noc2C)c1. The van der Waals surface area contributed by atoms with Gasteiger partial charge in [-0.15, -0.1) is 0 Å². The third-order valence-corrected chi connectivity index (χ3v) is 4.45. The van der Waals surface area contributed by atoms with Crippen molar-refractivity contribution >= 4 is 17.6 Å². The molecule has 0 fully saturated rings. The van der Waals surface area contributed by atoms with Gasteiger partial charge in [0.1, 0.15) is 18.1 Å². The van der Waals surface area contributed by atoms with E-state index in [-0.39, 0.29) is 24.9 Å². The lowest BCUT2D eigenvalue weighted by molar-refractivity contribution is -0.139. The number of carbonyl (C=O) groups is 2. The number of carbonyl (C=O) groups excluding carboxylic acids is 2. The number of anilines is 1. The van der Waals surface area contributed by atoms with Crippen molar-refractivity contribution in [2.75, 3.05) is 12.4 Å². The molecule has 1 amide bonds. The molecule has 3 rings (SSSR count). The average Bonchev–Trinajstić information content (AvgIpc) is 3.04. The first-order chi connectivity index (χ1) is 14.0. The van der Waals surface area contributed by atoms with Gasteiger partial charge in [-0.25, -0.2) is 0 Å². The molecule has 0 aliphatic heterocycles. The van der Waals surface area contributed by atoms with E-state index >= 15 is 0 Å². The molecule has 29 heavy (non-hydrogen) atoms. The Bertz CT molecular complexity index is 1010. The maximum Gasteiger partial charge on any atom is 0.309 e. The minimum absolute atomic E-state index is 0.136. The summed E-state index contributed by atoms with van der Waals surface area (Å²) in [6.07, 6.45) is 0.136. The second-order valence-electron chi connectivity index (χ2n) is 6.49.